The van der Waals surface area contributed by atoms with Crippen LogP contribution in [-0.2, 0) is 21.2 Å². The second-order valence-corrected chi connectivity index (χ2v) is 8.95. The van der Waals surface area contributed by atoms with Crippen molar-refractivity contribution in [1.29, 1.82) is 0 Å². The molecule has 166 valence electrons. The third kappa shape index (κ3) is 4.29. The lowest BCUT2D eigenvalue weighted by atomic mass is 10.1. The van der Waals surface area contributed by atoms with Gasteiger partial charge in [-0.25, -0.2) is 13.2 Å². The fourth-order valence-electron chi connectivity index (χ4n) is 3.41. The van der Waals surface area contributed by atoms with E-state index < -0.39 is 21.9 Å². The Morgan fingerprint density at radius 2 is 1.74 bits per heavy atom. The van der Waals surface area contributed by atoms with Gasteiger partial charge in [0, 0.05) is 24.2 Å². The Morgan fingerprint density at radius 3 is 2.35 bits per heavy atom. The monoisotopic (exact) mass is 448 g/mol. The minimum atomic E-state index is -3.37. The molecule has 1 aliphatic rings. The number of ether oxygens (including phenoxy) is 3. The van der Waals surface area contributed by atoms with Crippen molar-refractivity contribution in [2.45, 2.75) is 13.3 Å². The highest BCUT2D eigenvalue weighted by Gasteiger charge is 2.29. The van der Waals surface area contributed by atoms with Gasteiger partial charge in [0.05, 0.1) is 44.0 Å². The number of amides is 1. The van der Waals surface area contributed by atoms with Crippen LogP contribution in [0.15, 0.2) is 30.3 Å². The van der Waals surface area contributed by atoms with Gasteiger partial charge in [0.2, 0.25) is 10.0 Å². The number of rotatable bonds is 7. The highest BCUT2D eigenvalue weighted by atomic mass is 32.2. The Morgan fingerprint density at radius 1 is 1.06 bits per heavy atom. The van der Waals surface area contributed by atoms with Crippen LogP contribution in [0.1, 0.15) is 33.2 Å². The van der Waals surface area contributed by atoms with Crippen LogP contribution in [-0.4, -0.2) is 53.9 Å². The minimum absolute atomic E-state index is 0.00425. The van der Waals surface area contributed by atoms with E-state index in [0.29, 0.717) is 35.7 Å². The number of esters is 1. The van der Waals surface area contributed by atoms with E-state index in [0.717, 1.165) is 5.56 Å². The predicted molar refractivity (Wildman–Crippen MR) is 116 cm³/mol. The van der Waals surface area contributed by atoms with Crippen molar-refractivity contribution in [2.75, 3.05) is 43.2 Å². The predicted octanol–water partition coefficient (Wildman–Crippen LogP) is 2.45. The van der Waals surface area contributed by atoms with Crippen LogP contribution in [0.4, 0.5) is 11.4 Å². The summed E-state index contributed by atoms with van der Waals surface area (Å²) in [5.74, 6) is -0.456. The van der Waals surface area contributed by atoms with E-state index >= 15 is 0 Å². The number of hydrogen-bond acceptors (Lipinski definition) is 7. The number of carbonyl (C=O) groups is 2. The molecule has 1 heterocycles. The van der Waals surface area contributed by atoms with Crippen molar-refractivity contribution in [1.82, 2.24) is 0 Å². The van der Waals surface area contributed by atoms with Crippen molar-refractivity contribution < 1.29 is 32.2 Å². The number of benzene rings is 2. The van der Waals surface area contributed by atoms with Gasteiger partial charge in [-0.15, -0.1) is 0 Å². The summed E-state index contributed by atoms with van der Waals surface area (Å²) in [6, 6.07) is 7.74. The number of anilines is 2. The quantitative estimate of drug-likeness (QED) is 0.648. The number of nitrogens with one attached hydrogen (secondary N) is 1. The number of carbonyl (C=O) groups excluding carboxylic acids is 2. The first-order valence-corrected chi connectivity index (χ1v) is 11.2. The van der Waals surface area contributed by atoms with Gasteiger partial charge in [0.25, 0.3) is 5.91 Å². The minimum Gasteiger partial charge on any atom is -0.493 e. The van der Waals surface area contributed by atoms with Gasteiger partial charge >= 0.3 is 5.97 Å². The molecule has 0 spiro atoms. The summed E-state index contributed by atoms with van der Waals surface area (Å²) >= 11 is 0. The van der Waals surface area contributed by atoms with Gasteiger partial charge in [-0.2, -0.15) is 0 Å². The SMILES string of the molecule is CCS(=O)(=O)N1CCc2cc(C(=O)Nc3cc(OC)c(OC)cc3C(=O)OC)ccc21. The molecule has 2 aromatic rings. The van der Waals surface area contributed by atoms with Crippen molar-refractivity contribution in [3.05, 3.63) is 47.0 Å². The van der Waals surface area contributed by atoms with Gasteiger partial charge in [-0.3, -0.25) is 9.10 Å². The summed E-state index contributed by atoms with van der Waals surface area (Å²) in [5.41, 5.74) is 1.99. The smallest absolute Gasteiger partial charge is 0.340 e. The van der Waals surface area contributed by atoms with Crippen LogP contribution >= 0.6 is 0 Å². The van der Waals surface area contributed by atoms with Crippen molar-refractivity contribution >= 4 is 33.3 Å². The second kappa shape index (κ2) is 8.84. The van der Waals surface area contributed by atoms with E-state index in [1.165, 1.54) is 37.8 Å². The molecule has 0 fully saturated rings. The van der Waals surface area contributed by atoms with E-state index in [9.17, 15) is 18.0 Å². The molecule has 9 nitrogen and oxygen atoms in total. The number of methoxy groups -OCH3 is 3. The van der Waals surface area contributed by atoms with Crippen LogP contribution in [0, 0.1) is 0 Å². The van der Waals surface area contributed by atoms with Crippen molar-refractivity contribution in [3.63, 3.8) is 0 Å². The van der Waals surface area contributed by atoms with E-state index in [4.69, 9.17) is 14.2 Å². The second-order valence-electron chi connectivity index (χ2n) is 6.76. The first-order valence-electron chi connectivity index (χ1n) is 9.54. The fourth-order valence-corrected chi connectivity index (χ4v) is 4.57. The Hall–Kier alpha value is -3.27. The molecule has 0 atom stereocenters. The van der Waals surface area contributed by atoms with E-state index in [-0.39, 0.29) is 17.0 Å². The lowest BCUT2D eigenvalue weighted by molar-refractivity contribution is 0.0601. The molecule has 1 amide bonds. The van der Waals surface area contributed by atoms with Gasteiger partial charge < -0.3 is 19.5 Å². The maximum absolute atomic E-state index is 12.9. The van der Waals surface area contributed by atoms with Crippen LogP contribution in [0.5, 0.6) is 11.5 Å². The van der Waals surface area contributed by atoms with Gasteiger partial charge in [-0.1, -0.05) is 0 Å². The summed E-state index contributed by atoms with van der Waals surface area (Å²) < 4.78 is 41.1. The highest BCUT2D eigenvalue weighted by molar-refractivity contribution is 7.92. The molecule has 31 heavy (non-hydrogen) atoms. The number of hydrogen-bond donors (Lipinski definition) is 1. The van der Waals surface area contributed by atoms with Crippen LogP contribution in [0.25, 0.3) is 0 Å². The standard InChI is InChI=1S/C21H24N2O7S/c1-5-31(26,27)23-9-8-13-10-14(6-7-17(13)23)20(24)22-16-12-19(29-3)18(28-2)11-15(16)21(25)30-4/h6-7,10-12H,5,8-9H2,1-4H3,(H,22,24). The van der Waals surface area contributed by atoms with Crippen molar-refractivity contribution in [3.8, 4) is 11.5 Å². The lowest BCUT2D eigenvalue weighted by Gasteiger charge is -2.18. The molecule has 1 aliphatic heterocycles. The number of sulfonamides is 1. The Bertz CT molecular complexity index is 1130. The summed E-state index contributed by atoms with van der Waals surface area (Å²) in [5, 5.41) is 2.70. The first-order chi connectivity index (χ1) is 14.7. The van der Waals surface area contributed by atoms with E-state index in [1.807, 2.05) is 0 Å². The summed E-state index contributed by atoms with van der Waals surface area (Å²) in [6.07, 6.45) is 0.513. The molecular weight excluding hydrogens is 424 g/mol. The summed E-state index contributed by atoms with van der Waals surface area (Å²) in [7, 11) is 0.744. The molecule has 0 unspecified atom stereocenters. The zero-order valence-electron chi connectivity index (χ0n) is 17.7. The van der Waals surface area contributed by atoms with Gasteiger partial charge in [-0.05, 0) is 37.1 Å². The molecule has 2 aromatic carbocycles. The summed E-state index contributed by atoms with van der Waals surface area (Å²) in [6.45, 7) is 1.94. The molecule has 0 bridgehead atoms. The summed E-state index contributed by atoms with van der Waals surface area (Å²) in [4.78, 5) is 25.1. The van der Waals surface area contributed by atoms with E-state index in [2.05, 4.69) is 5.32 Å². The lowest BCUT2D eigenvalue weighted by Crippen LogP contribution is -2.30. The molecular formula is C21H24N2O7S. The van der Waals surface area contributed by atoms with E-state index in [1.54, 1.807) is 25.1 Å². The molecule has 0 aromatic heterocycles. The molecule has 10 heteroatoms. The average Bonchev–Trinajstić information content (AvgIpc) is 3.22. The first kappa shape index (κ1) is 22.4. The maximum Gasteiger partial charge on any atom is 0.340 e. The normalized spacial score (nSPS) is 12.8. The number of nitrogens with zero attached hydrogens (tertiary/aromatic N) is 1. The zero-order chi connectivity index (χ0) is 22.8. The molecule has 0 saturated carbocycles. The Balaban J connectivity index is 1.93. The Kier molecular flexibility index (Phi) is 6.40. The molecule has 3 rings (SSSR count). The van der Waals surface area contributed by atoms with Gasteiger partial charge in [0.15, 0.2) is 11.5 Å². The maximum atomic E-state index is 12.9. The highest BCUT2D eigenvalue weighted by Crippen LogP contribution is 2.35. The molecule has 0 aliphatic carbocycles. The molecule has 0 saturated heterocycles. The average molecular weight is 448 g/mol. The molecule has 1 N–H and O–H groups in total. The molecule has 0 radical (unpaired) electrons. The van der Waals surface area contributed by atoms with Crippen LogP contribution < -0.4 is 19.1 Å². The van der Waals surface area contributed by atoms with Crippen molar-refractivity contribution in [2.24, 2.45) is 0 Å². The third-order valence-electron chi connectivity index (χ3n) is 5.07. The largest absolute Gasteiger partial charge is 0.493 e. The van der Waals surface area contributed by atoms with Crippen LogP contribution in [0.3, 0.4) is 0 Å². The fraction of sp³-hybridized carbons (Fsp3) is 0.333. The number of fused-ring (bicyclic) bond motifs is 1. The topological polar surface area (TPSA) is 111 Å². The van der Waals surface area contributed by atoms with Gasteiger partial charge in [0.1, 0.15) is 0 Å². The Labute approximate surface area is 181 Å². The third-order valence-corrected chi connectivity index (χ3v) is 6.85. The zero-order valence-corrected chi connectivity index (χ0v) is 18.5. The van der Waals surface area contributed by atoms with Crippen LogP contribution in [0.2, 0.25) is 0 Å².